The molecule has 0 amide bonds. The SMILES string of the molecule is O=P([O-])([O-])OCC1(O)O[C@H](CO)[C@@H](O)[C@@H]1O.[Ba+2]. The van der Waals surface area contributed by atoms with Gasteiger partial charge in [0.25, 0.3) is 0 Å². The summed E-state index contributed by atoms with van der Waals surface area (Å²) >= 11 is 0. The fourth-order valence-corrected chi connectivity index (χ4v) is 1.65. The zero-order valence-corrected chi connectivity index (χ0v) is 14.0. The quantitative estimate of drug-likeness (QED) is 0.270. The Morgan fingerprint density at radius 1 is 1.41 bits per heavy atom. The number of aliphatic hydroxyl groups excluding tert-OH is 3. The Kier molecular flexibility index (Phi) is 7.36. The maximum atomic E-state index is 10.2. The van der Waals surface area contributed by atoms with Crippen molar-refractivity contribution < 1.29 is 44.0 Å². The van der Waals surface area contributed by atoms with Gasteiger partial charge in [-0.1, -0.05) is 0 Å². The summed E-state index contributed by atoms with van der Waals surface area (Å²) in [5.74, 6) is -2.54. The minimum absolute atomic E-state index is 0. The smallest absolute Gasteiger partial charge is 0.790 e. The number of hydrogen-bond donors (Lipinski definition) is 4. The van der Waals surface area contributed by atoms with Crippen LogP contribution in [0.15, 0.2) is 0 Å². The number of hydrogen-bond acceptors (Lipinski definition) is 9. The number of phosphoric acid groups is 1. The van der Waals surface area contributed by atoms with Crippen molar-refractivity contribution in [3.05, 3.63) is 0 Å². The van der Waals surface area contributed by atoms with Gasteiger partial charge in [0.1, 0.15) is 24.9 Å². The molecule has 0 aliphatic carbocycles. The molecule has 1 aliphatic heterocycles. The molecule has 0 aromatic carbocycles. The molecule has 17 heavy (non-hydrogen) atoms. The largest absolute Gasteiger partial charge is 2.00 e. The van der Waals surface area contributed by atoms with Gasteiger partial charge < -0.3 is 44.0 Å². The average Bonchev–Trinajstić information content (AvgIpc) is 2.40. The van der Waals surface area contributed by atoms with Crippen molar-refractivity contribution in [1.82, 2.24) is 0 Å². The van der Waals surface area contributed by atoms with Crippen molar-refractivity contribution in [2.45, 2.75) is 24.1 Å². The molecule has 0 radical (unpaired) electrons. The van der Waals surface area contributed by atoms with Gasteiger partial charge in [-0.2, -0.15) is 0 Å². The molecule has 9 nitrogen and oxygen atoms in total. The number of phosphoric ester groups is 1. The fraction of sp³-hybridized carbons (Fsp3) is 1.00. The van der Waals surface area contributed by atoms with Gasteiger partial charge in [-0.15, -0.1) is 0 Å². The van der Waals surface area contributed by atoms with E-state index in [1.54, 1.807) is 0 Å². The van der Waals surface area contributed by atoms with Gasteiger partial charge in [0.2, 0.25) is 5.79 Å². The monoisotopic (exact) mass is 396 g/mol. The van der Waals surface area contributed by atoms with Crippen molar-refractivity contribution in [3.63, 3.8) is 0 Å². The number of rotatable bonds is 4. The number of ether oxygens (including phenoxy) is 1. The third-order valence-corrected chi connectivity index (χ3v) is 2.58. The molecule has 4 atom stereocenters. The zero-order valence-electron chi connectivity index (χ0n) is 8.63. The van der Waals surface area contributed by atoms with Crippen molar-refractivity contribution in [1.29, 1.82) is 0 Å². The van der Waals surface area contributed by atoms with Gasteiger partial charge in [-0.3, -0.25) is 0 Å². The first kappa shape index (κ1) is 18.5. The van der Waals surface area contributed by atoms with Crippen LogP contribution in [0, 0.1) is 0 Å². The molecule has 4 N–H and O–H groups in total. The molecular formula is C6H11BaO9P. The second-order valence-corrected chi connectivity index (χ2v) is 4.49. The van der Waals surface area contributed by atoms with Crippen LogP contribution >= 0.6 is 7.82 Å². The van der Waals surface area contributed by atoms with Crippen LogP contribution in [0.4, 0.5) is 0 Å². The van der Waals surface area contributed by atoms with Crippen LogP contribution in [-0.4, -0.2) is 107 Å². The van der Waals surface area contributed by atoms with Gasteiger partial charge in [-0.05, 0) is 0 Å². The normalized spacial score (nSPS) is 37.9. The molecular weight excluding hydrogens is 384 g/mol. The Morgan fingerprint density at radius 3 is 2.29 bits per heavy atom. The Balaban J connectivity index is 0.00000256. The van der Waals surface area contributed by atoms with Crippen molar-refractivity contribution >= 4 is 56.7 Å². The van der Waals surface area contributed by atoms with Gasteiger partial charge in [0.15, 0.2) is 0 Å². The van der Waals surface area contributed by atoms with Gasteiger partial charge >= 0.3 is 48.9 Å². The van der Waals surface area contributed by atoms with E-state index in [-0.39, 0.29) is 48.9 Å². The molecule has 1 heterocycles. The Morgan fingerprint density at radius 2 is 1.94 bits per heavy atom. The first-order chi connectivity index (χ1) is 7.19. The average molecular weight is 395 g/mol. The molecule has 0 spiro atoms. The Bertz CT molecular complexity index is 295. The van der Waals surface area contributed by atoms with E-state index in [9.17, 15) is 29.7 Å². The molecule has 1 aliphatic rings. The zero-order chi connectivity index (χ0) is 12.6. The molecule has 0 saturated carbocycles. The summed E-state index contributed by atoms with van der Waals surface area (Å²) in [6, 6.07) is 0. The van der Waals surface area contributed by atoms with Crippen LogP contribution in [-0.2, 0) is 13.8 Å². The Hall–Kier alpha value is 1.48. The minimum atomic E-state index is -5.33. The second-order valence-electron chi connectivity index (χ2n) is 3.34. The van der Waals surface area contributed by atoms with E-state index in [4.69, 9.17) is 5.11 Å². The van der Waals surface area contributed by atoms with E-state index >= 15 is 0 Å². The summed E-state index contributed by atoms with van der Waals surface area (Å²) < 4.78 is 18.5. The minimum Gasteiger partial charge on any atom is -0.790 e. The molecule has 1 unspecified atom stereocenters. The molecule has 1 fully saturated rings. The van der Waals surface area contributed by atoms with Crippen LogP contribution in [0.2, 0.25) is 0 Å². The summed E-state index contributed by atoms with van der Waals surface area (Å²) in [6.07, 6.45) is -4.80. The second kappa shape index (κ2) is 6.77. The van der Waals surface area contributed by atoms with Crippen molar-refractivity contribution in [2.24, 2.45) is 0 Å². The van der Waals surface area contributed by atoms with Gasteiger partial charge in [-0.25, -0.2) is 0 Å². The molecule has 11 heteroatoms. The maximum absolute atomic E-state index is 10.2. The third-order valence-electron chi connectivity index (χ3n) is 2.13. The number of aliphatic hydroxyl groups is 4. The first-order valence-electron chi connectivity index (χ1n) is 4.23. The van der Waals surface area contributed by atoms with Crippen molar-refractivity contribution in [3.8, 4) is 0 Å². The molecule has 0 bridgehead atoms. The summed E-state index contributed by atoms with van der Waals surface area (Å²) in [4.78, 5) is 20.3. The van der Waals surface area contributed by atoms with E-state index < -0.39 is 45.1 Å². The summed E-state index contributed by atoms with van der Waals surface area (Å²) in [5.41, 5.74) is 0. The van der Waals surface area contributed by atoms with E-state index in [0.29, 0.717) is 0 Å². The summed E-state index contributed by atoms with van der Waals surface area (Å²) in [6.45, 7) is -1.86. The van der Waals surface area contributed by atoms with E-state index in [2.05, 4.69) is 9.26 Å². The van der Waals surface area contributed by atoms with Crippen molar-refractivity contribution in [2.75, 3.05) is 13.2 Å². The first-order valence-corrected chi connectivity index (χ1v) is 5.69. The standard InChI is InChI=1S/C6H13O9P.Ba/c7-1-3-4(8)5(9)6(10,15-3)2-14-16(11,12)13;/h3-5,7-10H,1-2H2,(H2,11,12,13);/q;+2/p-2/t3-,4-,5+,6?;/m1./s1. The molecule has 0 aromatic rings. The summed E-state index contributed by atoms with van der Waals surface area (Å²) in [5, 5.41) is 36.8. The maximum Gasteiger partial charge on any atom is 2.00 e. The van der Waals surface area contributed by atoms with Gasteiger partial charge in [0.05, 0.1) is 14.4 Å². The molecule has 0 aromatic heterocycles. The van der Waals surface area contributed by atoms with Crippen LogP contribution in [0.1, 0.15) is 0 Å². The molecule has 1 saturated heterocycles. The Labute approximate surface area is 137 Å². The van der Waals surface area contributed by atoms with Crippen LogP contribution in [0.5, 0.6) is 0 Å². The van der Waals surface area contributed by atoms with Crippen LogP contribution in [0.3, 0.4) is 0 Å². The van der Waals surface area contributed by atoms with E-state index in [1.807, 2.05) is 0 Å². The predicted molar refractivity (Wildman–Crippen MR) is 48.2 cm³/mol. The van der Waals surface area contributed by atoms with E-state index in [1.165, 1.54) is 0 Å². The topological polar surface area (TPSA) is 163 Å². The summed E-state index contributed by atoms with van der Waals surface area (Å²) in [7, 11) is -5.33. The third kappa shape index (κ3) is 4.82. The van der Waals surface area contributed by atoms with Crippen LogP contribution < -0.4 is 9.79 Å². The van der Waals surface area contributed by atoms with E-state index in [0.717, 1.165) is 0 Å². The molecule has 1 rings (SSSR count). The fourth-order valence-electron chi connectivity index (χ4n) is 1.31. The van der Waals surface area contributed by atoms with Gasteiger partial charge in [0, 0.05) is 0 Å². The van der Waals surface area contributed by atoms with Crippen LogP contribution in [0.25, 0.3) is 0 Å². The predicted octanol–water partition coefficient (Wildman–Crippen LogP) is -4.75. The molecule has 96 valence electrons.